The summed E-state index contributed by atoms with van der Waals surface area (Å²) in [5.41, 5.74) is 0. The molecule has 0 aromatic carbocycles. The van der Waals surface area contributed by atoms with Crippen LogP contribution < -0.4 is 5.32 Å². The van der Waals surface area contributed by atoms with Crippen LogP contribution in [0.25, 0.3) is 0 Å². The SMILES string of the molecule is C=CCNC(=O)CN1CCC(Cc2noc(C)n2)CC1. The van der Waals surface area contributed by atoms with E-state index in [1.807, 2.05) is 0 Å². The third kappa shape index (κ3) is 4.45. The first kappa shape index (κ1) is 14.7. The Morgan fingerprint density at radius 3 is 2.90 bits per heavy atom. The maximum Gasteiger partial charge on any atom is 0.234 e. The molecule has 0 aliphatic carbocycles. The fraction of sp³-hybridized carbons (Fsp3) is 0.643. The number of hydrogen-bond acceptors (Lipinski definition) is 5. The van der Waals surface area contributed by atoms with Gasteiger partial charge in [-0.2, -0.15) is 4.98 Å². The van der Waals surface area contributed by atoms with Crippen molar-refractivity contribution in [2.75, 3.05) is 26.2 Å². The quantitative estimate of drug-likeness (QED) is 0.784. The van der Waals surface area contributed by atoms with Crippen LogP contribution in [0.2, 0.25) is 0 Å². The number of nitrogens with zero attached hydrogens (tertiary/aromatic N) is 3. The molecule has 6 heteroatoms. The van der Waals surface area contributed by atoms with Gasteiger partial charge in [0.1, 0.15) is 0 Å². The Bertz CT molecular complexity index is 450. The molecule has 2 heterocycles. The van der Waals surface area contributed by atoms with Crippen molar-refractivity contribution in [1.82, 2.24) is 20.4 Å². The number of piperidine rings is 1. The second-order valence-corrected chi connectivity index (χ2v) is 5.25. The lowest BCUT2D eigenvalue weighted by atomic mass is 9.93. The van der Waals surface area contributed by atoms with Crippen molar-refractivity contribution in [3.05, 3.63) is 24.4 Å². The fourth-order valence-electron chi connectivity index (χ4n) is 2.48. The molecular weight excluding hydrogens is 256 g/mol. The lowest BCUT2D eigenvalue weighted by Gasteiger charge is -2.30. The zero-order valence-electron chi connectivity index (χ0n) is 12.0. The number of carbonyl (C=O) groups excluding carboxylic acids is 1. The van der Waals surface area contributed by atoms with Crippen molar-refractivity contribution in [3.8, 4) is 0 Å². The van der Waals surface area contributed by atoms with Crippen LogP contribution in [0.15, 0.2) is 17.2 Å². The maximum atomic E-state index is 11.6. The van der Waals surface area contributed by atoms with Gasteiger partial charge in [-0.15, -0.1) is 6.58 Å². The zero-order chi connectivity index (χ0) is 14.4. The van der Waals surface area contributed by atoms with Crippen molar-refractivity contribution in [1.29, 1.82) is 0 Å². The molecule has 0 spiro atoms. The maximum absolute atomic E-state index is 11.6. The molecule has 1 aliphatic heterocycles. The monoisotopic (exact) mass is 278 g/mol. The molecule has 1 aromatic rings. The predicted molar refractivity (Wildman–Crippen MR) is 75.1 cm³/mol. The second kappa shape index (κ2) is 7.19. The Morgan fingerprint density at radius 1 is 1.55 bits per heavy atom. The smallest absolute Gasteiger partial charge is 0.234 e. The summed E-state index contributed by atoms with van der Waals surface area (Å²) < 4.78 is 4.98. The molecule has 0 saturated carbocycles. The molecule has 1 fully saturated rings. The Labute approximate surface area is 119 Å². The second-order valence-electron chi connectivity index (χ2n) is 5.25. The van der Waals surface area contributed by atoms with Gasteiger partial charge in [0.25, 0.3) is 0 Å². The van der Waals surface area contributed by atoms with Crippen LogP contribution in [0.3, 0.4) is 0 Å². The largest absolute Gasteiger partial charge is 0.352 e. The highest BCUT2D eigenvalue weighted by Crippen LogP contribution is 2.20. The number of rotatable bonds is 6. The number of nitrogens with one attached hydrogen (secondary N) is 1. The van der Waals surface area contributed by atoms with Gasteiger partial charge < -0.3 is 9.84 Å². The number of amides is 1. The molecule has 0 atom stereocenters. The topological polar surface area (TPSA) is 71.3 Å². The number of aryl methyl sites for hydroxylation is 1. The fourth-order valence-corrected chi connectivity index (χ4v) is 2.48. The number of carbonyl (C=O) groups is 1. The Balaban J connectivity index is 1.69. The van der Waals surface area contributed by atoms with E-state index in [0.29, 0.717) is 24.9 Å². The number of likely N-dealkylation sites (tertiary alicyclic amines) is 1. The third-order valence-corrected chi connectivity index (χ3v) is 3.56. The van der Waals surface area contributed by atoms with Crippen molar-refractivity contribution >= 4 is 5.91 Å². The molecule has 110 valence electrons. The van der Waals surface area contributed by atoms with Crippen LogP contribution in [0, 0.1) is 12.8 Å². The van der Waals surface area contributed by atoms with E-state index < -0.39 is 0 Å². The summed E-state index contributed by atoms with van der Waals surface area (Å²) in [6.45, 7) is 8.29. The third-order valence-electron chi connectivity index (χ3n) is 3.56. The van der Waals surface area contributed by atoms with Crippen molar-refractivity contribution < 1.29 is 9.32 Å². The lowest BCUT2D eigenvalue weighted by molar-refractivity contribution is -0.122. The molecular formula is C14H22N4O2. The standard InChI is InChI=1S/C14H22N4O2/c1-3-6-15-14(19)10-18-7-4-12(5-8-18)9-13-16-11(2)20-17-13/h3,12H,1,4-10H2,2H3,(H,15,19). The van der Waals surface area contributed by atoms with Crippen molar-refractivity contribution in [2.45, 2.75) is 26.2 Å². The van der Waals surface area contributed by atoms with E-state index in [1.165, 1.54) is 0 Å². The average molecular weight is 278 g/mol. The first-order chi connectivity index (χ1) is 9.67. The Hall–Kier alpha value is -1.69. The van der Waals surface area contributed by atoms with Crippen LogP contribution in [0.4, 0.5) is 0 Å². The Kier molecular flexibility index (Phi) is 5.29. The molecule has 20 heavy (non-hydrogen) atoms. The van der Waals surface area contributed by atoms with E-state index in [-0.39, 0.29) is 5.91 Å². The summed E-state index contributed by atoms with van der Waals surface area (Å²) in [6, 6.07) is 0. The van der Waals surface area contributed by atoms with Crippen molar-refractivity contribution in [3.63, 3.8) is 0 Å². The van der Waals surface area contributed by atoms with Gasteiger partial charge >= 0.3 is 0 Å². The summed E-state index contributed by atoms with van der Waals surface area (Å²) in [6.07, 6.45) is 4.70. The predicted octanol–water partition coefficient (Wildman–Crippen LogP) is 0.935. The first-order valence-electron chi connectivity index (χ1n) is 7.06. The molecule has 6 nitrogen and oxygen atoms in total. The van der Waals surface area contributed by atoms with E-state index in [2.05, 4.69) is 26.9 Å². The van der Waals surface area contributed by atoms with Crippen LogP contribution in [0.5, 0.6) is 0 Å². The van der Waals surface area contributed by atoms with Crippen LogP contribution in [0.1, 0.15) is 24.6 Å². The molecule has 1 amide bonds. The normalized spacial score (nSPS) is 17.1. The minimum atomic E-state index is 0.0668. The highest BCUT2D eigenvalue weighted by Gasteiger charge is 2.22. The Morgan fingerprint density at radius 2 is 2.30 bits per heavy atom. The van der Waals surface area contributed by atoms with Gasteiger partial charge in [-0.1, -0.05) is 11.2 Å². The zero-order valence-corrected chi connectivity index (χ0v) is 12.0. The van der Waals surface area contributed by atoms with E-state index >= 15 is 0 Å². The van der Waals surface area contributed by atoms with Gasteiger partial charge in [0.05, 0.1) is 6.54 Å². The minimum Gasteiger partial charge on any atom is -0.352 e. The van der Waals surface area contributed by atoms with Gasteiger partial charge in [-0.25, -0.2) is 0 Å². The number of hydrogen-bond donors (Lipinski definition) is 1. The van der Waals surface area contributed by atoms with Gasteiger partial charge in [0.15, 0.2) is 5.82 Å². The van der Waals surface area contributed by atoms with E-state index in [0.717, 1.165) is 38.2 Å². The average Bonchev–Trinajstić information content (AvgIpc) is 2.84. The van der Waals surface area contributed by atoms with Gasteiger partial charge in [0, 0.05) is 19.9 Å². The molecule has 1 saturated heterocycles. The molecule has 0 unspecified atom stereocenters. The minimum absolute atomic E-state index is 0.0668. The molecule has 0 radical (unpaired) electrons. The van der Waals surface area contributed by atoms with E-state index in [9.17, 15) is 4.79 Å². The molecule has 1 N–H and O–H groups in total. The summed E-state index contributed by atoms with van der Waals surface area (Å²) in [4.78, 5) is 18.0. The summed E-state index contributed by atoms with van der Waals surface area (Å²) in [7, 11) is 0. The highest BCUT2D eigenvalue weighted by molar-refractivity contribution is 5.78. The summed E-state index contributed by atoms with van der Waals surface area (Å²) in [5, 5.41) is 6.74. The highest BCUT2D eigenvalue weighted by atomic mass is 16.5. The van der Waals surface area contributed by atoms with Crippen LogP contribution >= 0.6 is 0 Å². The molecule has 1 aliphatic rings. The summed E-state index contributed by atoms with van der Waals surface area (Å²) in [5.74, 6) is 2.07. The van der Waals surface area contributed by atoms with Crippen molar-refractivity contribution in [2.24, 2.45) is 5.92 Å². The molecule has 2 rings (SSSR count). The van der Waals surface area contributed by atoms with Gasteiger partial charge in [-0.05, 0) is 31.8 Å². The van der Waals surface area contributed by atoms with Gasteiger partial charge in [-0.3, -0.25) is 9.69 Å². The lowest BCUT2D eigenvalue weighted by Crippen LogP contribution is -2.41. The summed E-state index contributed by atoms with van der Waals surface area (Å²) >= 11 is 0. The number of aromatic nitrogens is 2. The molecule has 1 aromatic heterocycles. The van der Waals surface area contributed by atoms with Gasteiger partial charge in [0.2, 0.25) is 11.8 Å². The van der Waals surface area contributed by atoms with E-state index in [4.69, 9.17) is 4.52 Å². The molecule has 0 bridgehead atoms. The van der Waals surface area contributed by atoms with E-state index in [1.54, 1.807) is 13.0 Å². The first-order valence-corrected chi connectivity index (χ1v) is 7.06. The van der Waals surface area contributed by atoms with Crippen LogP contribution in [-0.4, -0.2) is 47.1 Å². The van der Waals surface area contributed by atoms with Crippen LogP contribution in [-0.2, 0) is 11.2 Å².